The van der Waals surface area contributed by atoms with Crippen molar-refractivity contribution in [1.82, 2.24) is 0 Å². The van der Waals surface area contributed by atoms with Gasteiger partial charge < -0.3 is 8.59 Å². The molecular formula is C2H7NORb2. The van der Waals surface area contributed by atoms with Crippen LogP contribution >= 0.6 is 0 Å². The molecule has 28 valence electrons. The van der Waals surface area contributed by atoms with Gasteiger partial charge >= 0.3 is 116 Å². The molecule has 0 aliphatic heterocycles. The van der Waals surface area contributed by atoms with Gasteiger partial charge in [-0.15, -0.1) is 0 Å². The molecule has 0 aromatic heterocycles. The van der Waals surface area contributed by atoms with Gasteiger partial charge in [0, 0.05) is 6.92 Å². The predicted molar refractivity (Wildman–Crippen MR) is 17.1 cm³/mol. The van der Waals surface area contributed by atoms with Gasteiger partial charge in [-0.05, 0) is 0 Å². The van der Waals surface area contributed by atoms with Crippen LogP contribution in [0.25, 0.3) is 0 Å². The van der Waals surface area contributed by atoms with E-state index in [0.29, 0.717) is 0 Å². The van der Waals surface area contributed by atoms with E-state index in [1.54, 1.807) is 0 Å². The summed E-state index contributed by atoms with van der Waals surface area (Å²) in [7, 11) is 0. The van der Waals surface area contributed by atoms with Crippen molar-refractivity contribution in [2.75, 3.05) is 0 Å². The summed E-state index contributed by atoms with van der Waals surface area (Å²) in [5.74, 6) is -0.333. The minimum absolute atomic E-state index is 0. The van der Waals surface area contributed by atoms with E-state index in [-0.39, 0.29) is 125 Å². The maximum Gasteiger partial charge on any atom is 1.00 e. The summed E-state index contributed by atoms with van der Waals surface area (Å²) in [6, 6.07) is 0. The number of primary amides is 1. The molecule has 0 bridgehead atoms. The van der Waals surface area contributed by atoms with Gasteiger partial charge in [0.25, 0.3) is 0 Å². The van der Waals surface area contributed by atoms with Crippen LogP contribution in [-0.2, 0) is 4.79 Å². The molecule has 0 aliphatic rings. The summed E-state index contributed by atoms with van der Waals surface area (Å²) in [4.78, 5) is 9.22. The molecule has 0 aromatic carbocycles. The molecule has 0 heterocycles. The Bertz CT molecular complexity index is 41.0. The van der Waals surface area contributed by atoms with Gasteiger partial charge in [-0.25, -0.2) is 0 Å². The largest absolute Gasteiger partial charge is 1.00 e. The Hall–Kier alpha value is 3.08. The summed E-state index contributed by atoms with van der Waals surface area (Å²) in [6.45, 7) is 1.31. The van der Waals surface area contributed by atoms with Gasteiger partial charge in [0.1, 0.15) is 0 Å². The first kappa shape index (κ1) is 16.0. The maximum atomic E-state index is 9.22. The van der Waals surface area contributed by atoms with Crippen LogP contribution in [-0.4, -0.2) is 5.91 Å². The molecule has 0 saturated carbocycles. The summed E-state index contributed by atoms with van der Waals surface area (Å²) >= 11 is 0. The van der Waals surface area contributed by atoms with Crippen LogP contribution in [0.4, 0.5) is 0 Å². The zero-order valence-electron chi connectivity index (χ0n) is 6.49. The quantitative estimate of drug-likeness (QED) is 0.443. The number of hydrogen-bond donors (Lipinski definition) is 1. The van der Waals surface area contributed by atoms with Crippen molar-refractivity contribution in [2.24, 2.45) is 5.73 Å². The minimum Gasteiger partial charge on any atom is -1.00 e. The average molecular weight is 232 g/mol. The van der Waals surface area contributed by atoms with Crippen molar-refractivity contribution in [3.05, 3.63) is 0 Å². The molecule has 0 spiro atoms. The van der Waals surface area contributed by atoms with Crippen LogP contribution in [0.5, 0.6) is 0 Å². The Kier molecular flexibility index (Phi) is 29.3. The second-order valence-corrected chi connectivity index (χ2v) is 0.611. The van der Waals surface area contributed by atoms with Crippen LogP contribution in [0.3, 0.4) is 0 Å². The van der Waals surface area contributed by atoms with Gasteiger partial charge in [0.05, 0.1) is 0 Å². The Morgan fingerprint density at radius 1 is 1.67 bits per heavy atom. The fourth-order valence-electron chi connectivity index (χ4n) is 0. The molecule has 4 heteroatoms. The molecule has 1 amide bonds. The number of hydrogen-bond acceptors (Lipinski definition) is 1. The molecule has 6 heavy (non-hydrogen) atoms. The monoisotopic (exact) mass is 231 g/mol. The number of rotatable bonds is 0. The zero-order valence-corrected chi connectivity index (χ0v) is 14.3. The van der Waals surface area contributed by atoms with E-state index in [1.807, 2.05) is 0 Å². The molecule has 0 atom stereocenters. The van der Waals surface area contributed by atoms with Crippen molar-refractivity contribution in [3.8, 4) is 0 Å². The second kappa shape index (κ2) is 11.0. The van der Waals surface area contributed by atoms with Gasteiger partial charge in [-0.3, -0.25) is 4.79 Å². The first-order valence-electron chi connectivity index (χ1n) is 0.993. The molecule has 0 aromatic rings. The molecule has 0 saturated heterocycles. The molecule has 0 rings (SSSR count). The van der Waals surface area contributed by atoms with Crippen LogP contribution in [0.2, 0.25) is 0 Å². The maximum absolute atomic E-state index is 9.22. The third-order valence-corrected chi connectivity index (χ3v) is 0. The normalized spacial score (nSPS) is 4.17. The topological polar surface area (TPSA) is 43.1 Å². The summed E-state index contributed by atoms with van der Waals surface area (Å²) in [5.41, 5.74) is 4.47. The first-order valence-corrected chi connectivity index (χ1v) is 0.993. The number of nitrogens with two attached hydrogens (primary N) is 1. The minimum atomic E-state index is -0.333. The van der Waals surface area contributed by atoms with Crippen LogP contribution in [0.15, 0.2) is 0 Å². The summed E-state index contributed by atoms with van der Waals surface area (Å²) in [5, 5.41) is 0. The Labute approximate surface area is 138 Å². The van der Waals surface area contributed by atoms with E-state index >= 15 is 0 Å². The smallest absolute Gasteiger partial charge is 1.00 e. The third kappa shape index (κ3) is 27.6. The molecule has 0 unspecified atom stereocenters. The summed E-state index contributed by atoms with van der Waals surface area (Å²) < 4.78 is 0. The third-order valence-electron chi connectivity index (χ3n) is 0. The molecule has 2 N–H and O–H groups in total. The summed E-state index contributed by atoms with van der Waals surface area (Å²) in [6.07, 6.45) is 0. The predicted octanol–water partition coefficient (Wildman–Crippen LogP) is -6.28. The van der Waals surface area contributed by atoms with Crippen LogP contribution in [0, 0.1) is 0 Å². The molecule has 2 nitrogen and oxygen atoms in total. The molecule has 0 fully saturated rings. The molecule has 0 radical (unpaired) electrons. The fourth-order valence-corrected chi connectivity index (χ4v) is 0. The standard InChI is InChI=1S/C2H5NO.2Rb.2H/c1-2(3)4;;;;/h1H3,(H2,3,4);;;;/q;2*+1;2*-1. The number of carbonyl (C=O) groups is 1. The van der Waals surface area contributed by atoms with Gasteiger partial charge in [-0.1, -0.05) is 0 Å². The van der Waals surface area contributed by atoms with Crippen molar-refractivity contribution in [1.29, 1.82) is 0 Å². The number of amides is 1. The van der Waals surface area contributed by atoms with Crippen molar-refractivity contribution < 1.29 is 124 Å². The van der Waals surface area contributed by atoms with E-state index in [1.165, 1.54) is 6.92 Å². The Morgan fingerprint density at radius 3 is 1.67 bits per heavy atom. The van der Waals surface area contributed by atoms with Crippen molar-refractivity contribution in [2.45, 2.75) is 6.92 Å². The number of carbonyl (C=O) groups excluding carboxylic acids is 1. The zero-order chi connectivity index (χ0) is 3.58. The molecule has 0 aliphatic carbocycles. The Balaban J connectivity index is -0.00000000750. The Morgan fingerprint density at radius 2 is 1.67 bits per heavy atom. The van der Waals surface area contributed by atoms with E-state index in [0.717, 1.165) is 0 Å². The van der Waals surface area contributed by atoms with Gasteiger partial charge in [0.2, 0.25) is 5.91 Å². The van der Waals surface area contributed by atoms with E-state index in [4.69, 9.17) is 0 Å². The fraction of sp³-hybridized carbons (Fsp3) is 0.500. The van der Waals surface area contributed by atoms with E-state index in [9.17, 15) is 4.79 Å². The van der Waals surface area contributed by atoms with Crippen LogP contribution in [0.1, 0.15) is 9.78 Å². The second-order valence-electron chi connectivity index (χ2n) is 0.611. The van der Waals surface area contributed by atoms with Crippen LogP contribution < -0.4 is 122 Å². The van der Waals surface area contributed by atoms with Crippen molar-refractivity contribution in [3.63, 3.8) is 0 Å². The molecular weight excluding hydrogens is 225 g/mol. The van der Waals surface area contributed by atoms with E-state index in [2.05, 4.69) is 5.73 Å². The first-order chi connectivity index (χ1) is 1.73. The van der Waals surface area contributed by atoms with Gasteiger partial charge in [0.15, 0.2) is 0 Å². The van der Waals surface area contributed by atoms with Crippen molar-refractivity contribution >= 4 is 5.91 Å². The van der Waals surface area contributed by atoms with Gasteiger partial charge in [-0.2, -0.15) is 0 Å². The SMILES string of the molecule is CC(N)=O.[H-].[H-].[Rb+].[Rb+]. The average Bonchev–Trinajstić information content (AvgIpc) is 0.811. The van der Waals surface area contributed by atoms with E-state index < -0.39 is 0 Å².